The predicted molar refractivity (Wildman–Crippen MR) is 57.0 cm³/mol. The number of halogens is 2. The van der Waals surface area contributed by atoms with Gasteiger partial charge in [0.15, 0.2) is 0 Å². The van der Waals surface area contributed by atoms with Crippen LogP contribution in [0.4, 0.5) is 8.78 Å². The van der Waals surface area contributed by atoms with E-state index in [0.717, 1.165) is 10.7 Å². The average molecular weight is 261 g/mol. The van der Waals surface area contributed by atoms with E-state index < -0.39 is 24.0 Å². The minimum absolute atomic E-state index is 0.0454. The van der Waals surface area contributed by atoms with Crippen molar-refractivity contribution in [3.8, 4) is 0 Å². The first-order valence-electron chi connectivity index (χ1n) is 5.27. The first-order chi connectivity index (χ1) is 8.45. The van der Waals surface area contributed by atoms with Gasteiger partial charge in [-0.05, 0) is 13.0 Å². The molecular formula is C10H13F2N3O3. The third-order valence-corrected chi connectivity index (χ3v) is 2.08. The molecule has 0 aliphatic carbocycles. The molecule has 1 aromatic heterocycles. The molecule has 6 nitrogen and oxygen atoms in total. The molecule has 0 saturated carbocycles. The normalized spacial score (nSPS) is 10.7. The third-order valence-electron chi connectivity index (χ3n) is 2.08. The van der Waals surface area contributed by atoms with E-state index in [0.29, 0.717) is 0 Å². The highest BCUT2D eigenvalue weighted by molar-refractivity contribution is 5.87. The smallest absolute Gasteiger partial charge is 0.356 e. The van der Waals surface area contributed by atoms with Gasteiger partial charge in [0, 0.05) is 6.42 Å². The summed E-state index contributed by atoms with van der Waals surface area (Å²) in [6.45, 7) is 1.66. The van der Waals surface area contributed by atoms with Crippen LogP contribution in [0, 0.1) is 0 Å². The summed E-state index contributed by atoms with van der Waals surface area (Å²) in [5.74, 6) is -1.37. The van der Waals surface area contributed by atoms with E-state index in [4.69, 9.17) is 10.5 Å². The fourth-order valence-corrected chi connectivity index (χ4v) is 1.30. The molecule has 0 saturated heterocycles. The van der Waals surface area contributed by atoms with Gasteiger partial charge < -0.3 is 10.5 Å². The van der Waals surface area contributed by atoms with E-state index in [2.05, 4.69) is 5.10 Å². The van der Waals surface area contributed by atoms with Crippen LogP contribution in [0.15, 0.2) is 6.07 Å². The molecule has 100 valence electrons. The number of carbonyl (C=O) groups excluding carboxylic acids is 2. The summed E-state index contributed by atoms with van der Waals surface area (Å²) in [4.78, 5) is 22.1. The number of rotatable bonds is 6. The second kappa shape index (κ2) is 6.08. The zero-order valence-corrected chi connectivity index (χ0v) is 9.73. The molecule has 0 unspecified atom stereocenters. The number of hydrogen-bond acceptors (Lipinski definition) is 4. The fourth-order valence-electron chi connectivity index (χ4n) is 1.30. The molecular weight excluding hydrogens is 248 g/mol. The molecule has 1 heterocycles. The van der Waals surface area contributed by atoms with Gasteiger partial charge in [-0.25, -0.2) is 13.6 Å². The zero-order valence-electron chi connectivity index (χ0n) is 9.73. The second-order valence-electron chi connectivity index (χ2n) is 3.42. The molecule has 0 atom stereocenters. The highest BCUT2D eigenvalue weighted by Crippen LogP contribution is 2.19. The largest absolute Gasteiger partial charge is 0.461 e. The minimum atomic E-state index is -2.80. The van der Waals surface area contributed by atoms with Crippen molar-refractivity contribution >= 4 is 11.9 Å². The van der Waals surface area contributed by atoms with Crippen LogP contribution in [0.1, 0.15) is 36.0 Å². The Labute approximate surface area is 102 Å². The van der Waals surface area contributed by atoms with Crippen molar-refractivity contribution in [1.29, 1.82) is 0 Å². The first kappa shape index (κ1) is 14.1. The lowest BCUT2D eigenvalue weighted by Gasteiger charge is -2.05. The van der Waals surface area contributed by atoms with Crippen LogP contribution in [0.3, 0.4) is 0 Å². The highest BCUT2D eigenvalue weighted by Gasteiger charge is 2.21. The zero-order chi connectivity index (χ0) is 13.7. The van der Waals surface area contributed by atoms with Crippen molar-refractivity contribution in [3.63, 3.8) is 0 Å². The lowest BCUT2D eigenvalue weighted by Crippen LogP contribution is -2.18. The van der Waals surface area contributed by atoms with Crippen molar-refractivity contribution in [2.24, 2.45) is 5.73 Å². The van der Waals surface area contributed by atoms with Gasteiger partial charge in [0.1, 0.15) is 11.4 Å². The Balaban J connectivity index is 2.97. The molecule has 0 fully saturated rings. The summed E-state index contributed by atoms with van der Waals surface area (Å²) in [6, 6.07) is 0.948. The molecule has 0 radical (unpaired) electrons. The number of ether oxygens (including phenoxy) is 1. The Hall–Kier alpha value is -1.99. The standard InChI is InChI=1S/C10H13F2N3O3/c1-2-18-10(17)7-5-6(9(11)12)14-15(7)4-3-8(13)16/h5,9H,2-4H2,1H3,(H2,13,16). The van der Waals surface area contributed by atoms with Crippen molar-refractivity contribution in [2.75, 3.05) is 6.61 Å². The SMILES string of the molecule is CCOC(=O)c1cc(C(F)F)nn1CCC(N)=O. The number of primary amides is 1. The molecule has 2 N–H and O–H groups in total. The van der Waals surface area contributed by atoms with E-state index >= 15 is 0 Å². The summed E-state index contributed by atoms with van der Waals surface area (Å²) in [5, 5.41) is 3.54. The molecule has 0 aromatic carbocycles. The van der Waals surface area contributed by atoms with Crippen LogP contribution in [-0.2, 0) is 16.1 Å². The minimum Gasteiger partial charge on any atom is -0.461 e. The van der Waals surface area contributed by atoms with Crippen molar-refractivity contribution in [1.82, 2.24) is 9.78 Å². The molecule has 0 aliphatic heterocycles. The highest BCUT2D eigenvalue weighted by atomic mass is 19.3. The van der Waals surface area contributed by atoms with Gasteiger partial charge in [-0.2, -0.15) is 5.10 Å². The predicted octanol–water partition coefficient (Wildman–Crippen LogP) is 0.873. The van der Waals surface area contributed by atoms with Crippen LogP contribution < -0.4 is 5.73 Å². The number of nitrogens with zero attached hydrogens (tertiary/aromatic N) is 2. The third kappa shape index (κ3) is 3.51. The number of nitrogens with two attached hydrogens (primary N) is 1. The molecule has 0 bridgehead atoms. The maximum absolute atomic E-state index is 12.5. The Kier molecular flexibility index (Phi) is 4.75. The first-order valence-corrected chi connectivity index (χ1v) is 5.27. The van der Waals surface area contributed by atoms with Gasteiger partial charge in [0.25, 0.3) is 6.43 Å². The Bertz CT molecular complexity index is 446. The Morgan fingerprint density at radius 1 is 1.56 bits per heavy atom. The molecule has 8 heteroatoms. The van der Waals surface area contributed by atoms with E-state index in [-0.39, 0.29) is 25.3 Å². The maximum Gasteiger partial charge on any atom is 0.356 e. The topological polar surface area (TPSA) is 87.2 Å². The second-order valence-corrected chi connectivity index (χ2v) is 3.42. The number of alkyl halides is 2. The monoisotopic (exact) mass is 261 g/mol. The van der Waals surface area contributed by atoms with Gasteiger partial charge >= 0.3 is 5.97 Å². The molecule has 1 amide bonds. The quantitative estimate of drug-likeness (QED) is 0.770. The number of esters is 1. The molecule has 1 rings (SSSR count). The number of carbonyl (C=O) groups is 2. The van der Waals surface area contributed by atoms with Gasteiger partial charge in [-0.1, -0.05) is 0 Å². The summed E-state index contributed by atoms with van der Waals surface area (Å²) >= 11 is 0. The molecule has 1 aromatic rings. The lowest BCUT2D eigenvalue weighted by atomic mass is 10.3. The number of amides is 1. The Morgan fingerprint density at radius 2 is 2.22 bits per heavy atom. The van der Waals surface area contributed by atoms with Crippen LogP contribution in [0.2, 0.25) is 0 Å². The van der Waals surface area contributed by atoms with Crippen molar-refractivity contribution in [2.45, 2.75) is 26.3 Å². The average Bonchev–Trinajstić information content (AvgIpc) is 2.70. The Morgan fingerprint density at radius 3 is 2.72 bits per heavy atom. The fraction of sp³-hybridized carbons (Fsp3) is 0.500. The van der Waals surface area contributed by atoms with E-state index in [1.807, 2.05) is 0 Å². The van der Waals surface area contributed by atoms with E-state index in [9.17, 15) is 18.4 Å². The van der Waals surface area contributed by atoms with E-state index in [1.165, 1.54) is 0 Å². The van der Waals surface area contributed by atoms with Gasteiger partial charge in [0.05, 0.1) is 13.2 Å². The lowest BCUT2D eigenvalue weighted by molar-refractivity contribution is -0.118. The van der Waals surface area contributed by atoms with Crippen molar-refractivity contribution in [3.05, 3.63) is 17.5 Å². The molecule has 0 aliphatic rings. The van der Waals surface area contributed by atoms with Crippen LogP contribution >= 0.6 is 0 Å². The summed E-state index contributed by atoms with van der Waals surface area (Å²) in [5.41, 5.74) is 4.29. The number of aryl methyl sites for hydroxylation is 1. The molecule has 18 heavy (non-hydrogen) atoms. The van der Waals surface area contributed by atoms with Crippen LogP contribution in [0.5, 0.6) is 0 Å². The van der Waals surface area contributed by atoms with Crippen LogP contribution in [0.25, 0.3) is 0 Å². The van der Waals surface area contributed by atoms with E-state index in [1.54, 1.807) is 6.92 Å². The maximum atomic E-state index is 12.5. The molecule has 0 spiro atoms. The van der Waals surface area contributed by atoms with Gasteiger partial charge in [0.2, 0.25) is 5.91 Å². The van der Waals surface area contributed by atoms with Crippen LogP contribution in [-0.4, -0.2) is 28.3 Å². The van der Waals surface area contributed by atoms with Gasteiger partial charge in [-0.15, -0.1) is 0 Å². The van der Waals surface area contributed by atoms with Gasteiger partial charge in [-0.3, -0.25) is 9.48 Å². The van der Waals surface area contributed by atoms with Crippen molar-refractivity contribution < 1.29 is 23.1 Å². The summed E-state index contributed by atoms with van der Waals surface area (Å²) in [6.07, 6.45) is -2.90. The number of hydrogen-bond donors (Lipinski definition) is 1. The summed E-state index contributed by atoms with van der Waals surface area (Å²) in [7, 11) is 0. The number of aromatic nitrogens is 2. The summed E-state index contributed by atoms with van der Waals surface area (Å²) < 4.78 is 30.7.